The summed E-state index contributed by atoms with van der Waals surface area (Å²) in [7, 11) is 1.99. The highest BCUT2D eigenvalue weighted by Crippen LogP contribution is 2.23. The summed E-state index contributed by atoms with van der Waals surface area (Å²) in [6, 6.07) is 0.195. The third-order valence-electron chi connectivity index (χ3n) is 3.13. The van der Waals surface area contributed by atoms with Crippen molar-refractivity contribution in [2.45, 2.75) is 51.3 Å². The Kier molecular flexibility index (Phi) is 6.74. The van der Waals surface area contributed by atoms with E-state index in [1.165, 1.54) is 12.1 Å². The van der Waals surface area contributed by atoms with E-state index in [1.807, 2.05) is 23.5 Å². The van der Waals surface area contributed by atoms with E-state index >= 15 is 0 Å². The van der Waals surface area contributed by atoms with Crippen LogP contribution in [0.4, 0.5) is 0 Å². The molecule has 0 saturated heterocycles. The number of thioether (sulfide) groups is 1. The van der Waals surface area contributed by atoms with Crippen LogP contribution in [0.1, 0.15) is 38.6 Å². The maximum absolute atomic E-state index is 6.21. The van der Waals surface area contributed by atoms with Crippen LogP contribution in [0.5, 0.6) is 0 Å². The fourth-order valence-corrected chi connectivity index (χ4v) is 3.46. The molecule has 0 radical (unpaired) electrons. The van der Waals surface area contributed by atoms with Crippen LogP contribution in [0.25, 0.3) is 0 Å². The average molecular weight is 334 g/mol. The van der Waals surface area contributed by atoms with E-state index in [0.717, 1.165) is 28.8 Å². The van der Waals surface area contributed by atoms with Gasteiger partial charge in [-0.1, -0.05) is 20.8 Å². The third-order valence-corrected chi connectivity index (χ3v) is 5.57. The van der Waals surface area contributed by atoms with E-state index in [0.29, 0.717) is 5.25 Å². The Bertz CT molecular complexity index is 379. The fourth-order valence-electron chi connectivity index (χ4n) is 1.75. The molecule has 0 bridgehead atoms. The number of nitrogens with two attached hydrogens (primary N) is 1. The molecule has 1 aromatic heterocycles. The highest BCUT2D eigenvalue weighted by molar-refractivity contribution is 9.10. The van der Waals surface area contributed by atoms with Gasteiger partial charge in [-0.25, -0.2) is 0 Å². The molecule has 2 atom stereocenters. The van der Waals surface area contributed by atoms with Gasteiger partial charge in [-0.3, -0.25) is 4.68 Å². The molecular formula is C13H24BrN3S. The first kappa shape index (κ1) is 16.1. The first-order valence-electron chi connectivity index (χ1n) is 6.56. The molecule has 0 spiro atoms. The number of rotatable bonds is 7. The van der Waals surface area contributed by atoms with Gasteiger partial charge >= 0.3 is 0 Å². The molecule has 104 valence electrons. The van der Waals surface area contributed by atoms with E-state index in [9.17, 15) is 0 Å². The zero-order chi connectivity index (χ0) is 13.7. The predicted molar refractivity (Wildman–Crippen MR) is 84.2 cm³/mol. The van der Waals surface area contributed by atoms with Crippen LogP contribution in [0.3, 0.4) is 0 Å². The molecule has 0 amide bonds. The molecule has 0 fully saturated rings. The molecule has 18 heavy (non-hydrogen) atoms. The van der Waals surface area contributed by atoms with Gasteiger partial charge in [0.05, 0.1) is 15.9 Å². The van der Waals surface area contributed by atoms with Gasteiger partial charge in [0.1, 0.15) is 0 Å². The van der Waals surface area contributed by atoms with Crippen LogP contribution >= 0.6 is 27.7 Å². The van der Waals surface area contributed by atoms with Crippen LogP contribution in [-0.4, -0.2) is 26.8 Å². The highest BCUT2D eigenvalue weighted by Gasteiger charge is 2.16. The second kappa shape index (κ2) is 7.56. The maximum atomic E-state index is 6.21. The van der Waals surface area contributed by atoms with Crippen molar-refractivity contribution in [3.05, 3.63) is 15.9 Å². The minimum absolute atomic E-state index is 0.195. The lowest BCUT2D eigenvalue weighted by Gasteiger charge is -2.14. The summed E-state index contributed by atoms with van der Waals surface area (Å²) >= 11 is 5.60. The van der Waals surface area contributed by atoms with E-state index in [-0.39, 0.29) is 6.04 Å². The Balaban J connectivity index is 2.59. The molecule has 5 heteroatoms. The van der Waals surface area contributed by atoms with Gasteiger partial charge < -0.3 is 5.73 Å². The minimum atomic E-state index is 0.195. The Morgan fingerprint density at radius 3 is 2.61 bits per heavy atom. The summed E-state index contributed by atoms with van der Waals surface area (Å²) in [4.78, 5) is 0. The standard InChI is InChI=1S/C13H24BrN3S/c1-5-9(3)18-8-10(15)7-12-13(14)11(6-2)16-17(12)4/h9-10H,5-8,15H2,1-4H3. The summed E-state index contributed by atoms with van der Waals surface area (Å²) in [6.45, 7) is 6.59. The third kappa shape index (κ3) is 4.28. The molecule has 2 N–H and O–H groups in total. The van der Waals surface area contributed by atoms with E-state index in [1.54, 1.807) is 0 Å². The largest absolute Gasteiger partial charge is 0.327 e. The molecule has 2 unspecified atom stereocenters. The molecule has 1 heterocycles. The lowest BCUT2D eigenvalue weighted by Crippen LogP contribution is -2.27. The van der Waals surface area contributed by atoms with Crippen molar-refractivity contribution < 1.29 is 0 Å². The molecular weight excluding hydrogens is 310 g/mol. The van der Waals surface area contributed by atoms with Gasteiger partial charge in [-0.2, -0.15) is 16.9 Å². The van der Waals surface area contributed by atoms with E-state index < -0.39 is 0 Å². The van der Waals surface area contributed by atoms with Gasteiger partial charge in [0.25, 0.3) is 0 Å². The number of aryl methyl sites for hydroxylation is 2. The van der Waals surface area contributed by atoms with Crippen molar-refractivity contribution in [2.75, 3.05) is 5.75 Å². The van der Waals surface area contributed by atoms with Crippen LogP contribution in [0.2, 0.25) is 0 Å². The van der Waals surface area contributed by atoms with Crippen molar-refractivity contribution >= 4 is 27.7 Å². The topological polar surface area (TPSA) is 43.8 Å². The molecule has 0 saturated carbocycles. The molecule has 1 aromatic rings. The summed E-state index contributed by atoms with van der Waals surface area (Å²) in [5.74, 6) is 1.01. The number of aromatic nitrogens is 2. The number of nitrogens with zero attached hydrogens (tertiary/aromatic N) is 2. The van der Waals surface area contributed by atoms with Crippen molar-refractivity contribution in [1.29, 1.82) is 0 Å². The van der Waals surface area contributed by atoms with Crippen LogP contribution < -0.4 is 5.73 Å². The fraction of sp³-hybridized carbons (Fsp3) is 0.769. The van der Waals surface area contributed by atoms with Crippen LogP contribution in [-0.2, 0) is 19.9 Å². The Morgan fingerprint density at radius 2 is 2.11 bits per heavy atom. The number of hydrogen-bond donors (Lipinski definition) is 1. The molecule has 0 aliphatic carbocycles. The van der Waals surface area contributed by atoms with Gasteiger partial charge in [-0.15, -0.1) is 0 Å². The normalized spacial score (nSPS) is 14.8. The summed E-state index contributed by atoms with van der Waals surface area (Å²) < 4.78 is 3.09. The first-order valence-corrected chi connectivity index (χ1v) is 8.41. The van der Waals surface area contributed by atoms with Gasteiger partial charge in [0.2, 0.25) is 0 Å². The monoisotopic (exact) mass is 333 g/mol. The smallest absolute Gasteiger partial charge is 0.0766 e. The molecule has 0 aliphatic heterocycles. The number of halogens is 1. The lowest BCUT2D eigenvalue weighted by atomic mass is 10.2. The van der Waals surface area contributed by atoms with Crippen molar-refractivity contribution in [3.8, 4) is 0 Å². The van der Waals surface area contributed by atoms with E-state index in [2.05, 4.69) is 41.8 Å². The first-order chi connectivity index (χ1) is 8.49. The van der Waals surface area contributed by atoms with Gasteiger partial charge in [0.15, 0.2) is 0 Å². The van der Waals surface area contributed by atoms with Crippen molar-refractivity contribution in [3.63, 3.8) is 0 Å². The van der Waals surface area contributed by atoms with Crippen molar-refractivity contribution in [2.24, 2.45) is 12.8 Å². The minimum Gasteiger partial charge on any atom is -0.327 e. The van der Waals surface area contributed by atoms with Gasteiger partial charge in [-0.05, 0) is 28.8 Å². The van der Waals surface area contributed by atoms with Crippen LogP contribution in [0, 0.1) is 0 Å². The second-order valence-corrected chi connectivity index (χ2v) is 6.97. The maximum Gasteiger partial charge on any atom is 0.0766 e. The SMILES string of the molecule is CCc1nn(C)c(CC(N)CSC(C)CC)c1Br. The summed E-state index contributed by atoms with van der Waals surface area (Å²) in [6.07, 6.45) is 3.03. The quantitative estimate of drug-likeness (QED) is 0.833. The Labute approximate surface area is 123 Å². The molecule has 0 aliphatic rings. The predicted octanol–water partition coefficient (Wildman–Crippen LogP) is 3.15. The van der Waals surface area contributed by atoms with E-state index in [4.69, 9.17) is 5.73 Å². The van der Waals surface area contributed by atoms with Crippen molar-refractivity contribution in [1.82, 2.24) is 9.78 Å². The molecule has 3 nitrogen and oxygen atoms in total. The molecule has 0 aromatic carbocycles. The summed E-state index contributed by atoms with van der Waals surface area (Å²) in [5, 5.41) is 5.19. The number of hydrogen-bond acceptors (Lipinski definition) is 3. The van der Waals surface area contributed by atoms with Crippen LogP contribution in [0.15, 0.2) is 4.47 Å². The zero-order valence-electron chi connectivity index (χ0n) is 11.7. The Hall–Kier alpha value is -0.000000000000000111. The lowest BCUT2D eigenvalue weighted by molar-refractivity contribution is 0.648. The molecule has 1 rings (SSSR count). The second-order valence-electron chi connectivity index (χ2n) is 4.70. The highest BCUT2D eigenvalue weighted by atomic mass is 79.9. The Morgan fingerprint density at radius 1 is 1.44 bits per heavy atom. The summed E-state index contributed by atoms with van der Waals surface area (Å²) in [5.41, 5.74) is 8.55. The van der Waals surface area contributed by atoms with Gasteiger partial charge in [0, 0.05) is 30.5 Å². The average Bonchev–Trinajstić information content (AvgIpc) is 2.63. The zero-order valence-corrected chi connectivity index (χ0v) is 14.1.